The van der Waals surface area contributed by atoms with Gasteiger partial charge in [0.2, 0.25) is 0 Å². The van der Waals surface area contributed by atoms with Crippen LogP contribution in [0.15, 0.2) is 12.3 Å². The van der Waals surface area contributed by atoms with Crippen LogP contribution < -0.4 is 0 Å². The quantitative estimate of drug-likeness (QED) is 0.859. The smallest absolute Gasteiger partial charge is 0.0764 e. The maximum atomic E-state index is 9.30. The van der Waals surface area contributed by atoms with Gasteiger partial charge in [0.05, 0.1) is 17.8 Å². The number of hydrogen-bond donors (Lipinski definition) is 1. The Bertz CT molecular complexity index is 369. The first kappa shape index (κ1) is 14.5. The van der Waals surface area contributed by atoms with Crippen LogP contribution in [0, 0.1) is 0 Å². The highest BCUT2D eigenvalue weighted by Gasteiger charge is 2.16. The van der Waals surface area contributed by atoms with Gasteiger partial charge in [-0.25, -0.2) is 0 Å². The molecule has 1 fully saturated rings. The van der Waals surface area contributed by atoms with Crippen LogP contribution >= 0.6 is 0 Å². The van der Waals surface area contributed by atoms with E-state index in [1.165, 1.54) is 32.1 Å². The first-order chi connectivity index (χ1) is 9.15. The molecule has 1 saturated carbocycles. The summed E-state index contributed by atoms with van der Waals surface area (Å²) in [5, 5.41) is 14.0. The topological polar surface area (TPSA) is 41.3 Å². The van der Waals surface area contributed by atoms with Crippen molar-refractivity contribution in [2.45, 2.75) is 64.1 Å². The second kappa shape index (κ2) is 7.06. The average Bonchev–Trinajstić information content (AvgIpc) is 2.86. The van der Waals surface area contributed by atoms with Gasteiger partial charge in [-0.15, -0.1) is 0 Å². The van der Waals surface area contributed by atoms with Gasteiger partial charge in [0.1, 0.15) is 0 Å². The molecular weight excluding hydrogens is 238 g/mol. The summed E-state index contributed by atoms with van der Waals surface area (Å²) in [6.45, 7) is 3.62. The summed E-state index contributed by atoms with van der Waals surface area (Å²) in [4.78, 5) is 2.22. The lowest BCUT2D eigenvalue weighted by molar-refractivity contribution is 0.162. The van der Waals surface area contributed by atoms with Crippen LogP contribution in [0.5, 0.6) is 0 Å². The third kappa shape index (κ3) is 4.62. The fourth-order valence-electron chi connectivity index (χ4n) is 2.77. The standard InChI is InChI=1S/C15H27N3O/c1-13(19)8-10-17(2)12-14-9-11-18(16-14)15-6-4-3-5-7-15/h9,11,13,15,19H,3-8,10,12H2,1-2H3. The van der Waals surface area contributed by atoms with Crippen molar-refractivity contribution in [3.63, 3.8) is 0 Å². The first-order valence-electron chi connectivity index (χ1n) is 7.56. The van der Waals surface area contributed by atoms with Crippen LogP contribution in [0.25, 0.3) is 0 Å². The zero-order valence-corrected chi connectivity index (χ0v) is 12.3. The van der Waals surface area contributed by atoms with Gasteiger partial charge in [-0.3, -0.25) is 4.68 Å². The summed E-state index contributed by atoms with van der Waals surface area (Å²) < 4.78 is 2.16. The molecule has 1 heterocycles. The molecule has 2 rings (SSSR count). The van der Waals surface area contributed by atoms with Crippen molar-refractivity contribution >= 4 is 0 Å². The van der Waals surface area contributed by atoms with E-state index in [0.29, 0.717) is 6.04 Å². The number of nitrogens with zero attached hydrogens (tertiary/aromatic N) is 3. The summed E-state index contributed by atoms with van der Waals surface area (Å²) in [6.07, 6.45) is 9.35. The Morgan fingerprint density at radius 2 is 2.16 bits per heavy atom. The molecule has 1 aliphatic carbocycles. The van der Waals surface area contributed by atoms with Gasteiger partial charge in [-0.1, -0.05) is 19.3 Å². The van der Waals surface area contributed by atoms with Crippen LogP contribution in [-0.4, -0.2) is 39.5 Å². The summed E-state index contributed by atoms with van der Waals surface area (Å²) in [5.41, 5.74) is 1.14. The number of hydrogen-bond acceptors (Lipinski definition) is 3. The highest BCUT2D eigenvalue weighted by Crippen LogP contribution is 2.27. The molecule has 0 aromatic carbocycles. The van der Waals surface area contributed by atoms with E-state index in [1.807, 2.05) is 6.92 Å². The lowest BCUT2D eigenvalue weighted by Gasteiger charge is -2.22. The van der Waals surface area contributed by atoms with Crippen molar-refractivity contribution in [2.24, 2.45) is 0 Å². The third-order valence-corrected chi connectivity index (χ3v) is 3.97. The summed E-state index contributed by atoms with van der Waals surface area (Å²) in [5.74, 6) is 0. The van der Waals surface area contributed by atoms with E-state index < -0.39 is 0 Å². The Morgan fingerprint density at radius 1 is 1.42 bits per heavy atom. The Labute approximate surface area is 116 Å². The molecule has 1 aliphatic rings. The fourth-order valence-corrected chi connectivity index (χ4v) is 2.77. The molecule has 0 bridgehead atoms. The van der Waals surface area contributed by atoms with Crippen LogP contribution in [0.4, 0.5) is 0 Å². The van der Waals surface area contributed by atoms with Crippen LogP contribution in [0.2, 0.25) is 0 Å². The lowest BCUT2D eigenvalue weighted by atomic mass is 9.96. The maximum Gasteiger partial charge on any atom is 0.0764 e. The van der Waals surface area contributed by atoms with Gasteiger partial charge in [-0.05, 0) is 39.3 Å². The molecule has 1 unspecified atom stereocenters. The molecule has 1 atom stereocenters. The lowest BCUT2D eigenvalue weighted by Crippen LogP contribution is -2.22. The number of aliphatic hydroxyl groups excluding tert-OH is 1. The van der Waals surface area contributed by atoms with Crippen LogP contribution in [-0.2, 0) is 6.54 Å². The SMILES string of the molecule is CC(O)CCN(C)Cc1ccn(C2CCCCC2)n1. The predicted molar refractivity (Wildman–Crippen MR) is 77.0 cm³/mol. The maximum absolute atomic E-state index is 9.30. The Kier molecular flexibility index (Phi) is 5.40. The van der Waals surface area contributed by atoms with Gasteiger partial charge in [-0.2, -0.15) is 5.10 Å². The second-order valence-corrected chi connectivity index (χ2v) is 5.95. The van der Waals surface area contributed by atoms with E-state index in [4.69, 9.17) is 5.10 Å². The second-order valence-electron chi connectivity index (χ2n) is 5.95. The van der Waals surface area contributed by atoms with Gasteiger partial charge >= 0.3 is 0 Å². The fraction of sp³-hybridized carbons (Fsp3) is 0.800. The summed E-state index contributed by atoms with van der Waals surface area (Å²) in [7, 11) is 2.09. The Hall–Kier alpha value is -0.870. The van der Waals surface area contributed by atoms with Crippen molar-refractivity contribution in [2.75, 3.05) is 13.6 Å². The third-order valence-electron chi connectivity index (χ3n) is 3.97. The van der Waals surface area contributed by atoms with E-state index in [2.05, 4.69) is 28.9 Å². The molecule has 19 heavy (non-hydrogen) atoms. The molecule has 4 heteroatoms. The van der Waals surface area contributed by atoms with Crippen molar-refractivity contribution in [3.05, 3.63) is 18.0 Å². The minimum absolute atomic E-state index is 0.220. The van der Waals surface area contributed by atoms with Gasteiger partial charge in [0.15, 0.2) is 0 Å². The molecule has 0 amide bonds. The van der Waals surface area contributed by atoms with E-state index in [9.17, 15) is 5.11 Å². The predicted octanol–water partition coefficient (Wildman–Crippen LogP) is 2.59. The monoisotopic (exact) mass is 265 g/mol. The molecule has 1 aromatic heterocycles. The van der Waals surface area contributed by atoms with Crippen molar-refractivity contribution in [3.8, 4) is 0 Å². The molecule has 0 spiro atoms. The molecule has 1 aromatic rings. The molecule has 0 radical (unpaired) electrons. The van der Waals surface area contributed by atoms with E-state index in [-0.39, 0.29) is 6.10 Å². The van der Waals surface area contributed by atoms with Crippen LogP contribution in [0.3, 0.4) is 0 Å². The zero-order valence-electron chi connectivity index (χ0n) is 12.3. The number of aromatic nitrogens is 2. The summed E-state index contributed by atoms with van der Waals surface area (Å²) in [6, 6.07) is 2.75. The Morgan fingerprint density at radius 3 is 2.84 bits per heavy atom. The van der Waals surface area contributed by atoms with Crippen molar-refractivity contribution < 1.29 is 5.11 Å². The minimum atomic E-state index is -0.220. The number of aliphatic hydroxyl groups is 1. The molecule has 0 saturated heterocycles. The Balaban J connectivity index is 1.82. The van der Waals surface area contributed by atoms with Crippen LogP contribution in [0.1, 0.15) is 57.2 Å². The molecule has 1 N–H and O–H groups in total. The molecule has 108 valence electrons. The highest BCUT2D eigenvalue weighted by atomic mass is 16.3. The van der Waals surface area contributed by atoms with Gasteiger partial charge in [0.25, 0.3) is 0 Å². The molecule has 4 nitrogen and oxygen atoms in total. The molecular formula is C15H27N3O. The first-order valence-corrected chi connectivity index (χ1v) is 7.56. The van der Waals surface area contributed by atoms with Crippen molar-refractivity contribution in [1.29, 1.82) is 0 Å². The highest BCUT2D eigenvalue weighted by molar-refractivity contribution is 4.99. The van der Waals surface area contributed by atoms with Crippen molar-refractivity contribution in [1.82, 2.24) is 14.7 Å². The molecule has 0 aliphatic heterocycles. The van der Waals surface area contributed by atoms with E-state index in [0.717, 1.165) is 25.2 Å². The van der Waals surface area contributed by atoms with Gasteiger partial charge in [0, 0.05) is 19.3 Å². The van der Waals surface area contributed by atoms with Gasteiger partial charge < -0.3 is 10.0 Å². The number of rotatable bonds is 6. The average molecular weight is 265 g/mol. The van der Waals surface area contributed by atoms with E-state index in [1.54, 1.807) is 0 Å². The minimum Gasteiger partial charge on any atom is -0.393 e. The summed E-state index contributed by atoms with van der Waals surface area (Å²) >= 11 is 0. The zero-order chi connectivity index (χ0) is 13.7. The largest absolute Gasteiger partial charge is 0.393 e. The normalized spacial score (nSPS) is 18.9. The van der Waals surface area contributed by atoms with E-state index >= 15 is 0 Å².